The van der Waals surface area contributed by atoms with Crippen LogP contribution in [0.1, 0.15) is 15.9 Å². The number of nitrogens with two attached hydrogens (primary N) is 1. The summed E-state index contributed by atoms with van der Waals surface area (Å²) in [5, 5.41) is 2.68. The predicted octanol–water partition coefficient (Wildman–Crippen LogP) is 0.695. The monoisotopic (exact) mass is 266 g/mol. The van der Waals surface area contributed by atoms with Crippen LogP contribution < -0.4 is 11.1 Å². The van der Waals surface area contributed by atoms with Crippen LogP contribution in [-0.4, -0.2) is 38.7 Å². The van der Waals surface area contributed by atoms with E-state index in [1.807, 2.05) is 6.92 Å². The molecule has 0 unspecified atom stereocenters. The first-order chi connectivity index (χ1) is 9.08. The average molecular weight is 266 g/mol. The Kier molecular flexibility index (Phi) is 5.98. The van der Waals surface area contributed by atoms with Gasteiger partial charge in [-0.1, -0.05) is 6.07 Å². The van der Waals surface area contributed by atoms with Crippen LogP contribution in [0.4, 0.5) is 5.69 Å². The number of carbonyl (C=O) groups excluding carboxylic acids is 2. The lowest BCUT2D eigenvalue weighted by atomic mass is 10.1. The van der Waals surface area contributed by atoms with E-state index in [0.29, 0.717) is 24.4 Å². The molecule has 0 aliphatic heterocycles. The molecule has 0 aliphatic carbocycles. The van der Waals surface area contributed by atoms with Gasteiger partial charge in [0.2, 0.25) is 5.91 Å². The van der Waals surface area contributed by atoms with Crippen LogP contribution in [0.25, 0.3) is 0 Å². The second-order valence-electron chi connectivity index (χ2n) is 3.91. The van der Waals surface area contributed by atoms with Crippen LogP contribution in [-0.2, 0) is 14.3 Å². The van der Waals surface area contributed by atoms with Crippen molar-refractivity contribution >= 4 is 17.6 Å². The number of aryl methyl sites for hydroxylation is 1. The number of esters is 1. The normalized spacial score (nSPS) is 10.1. The van der Waals surface area contributed by atoms with E-state index in [0.717, 1.165) is 5.56 Å². The van der Waals surface area contributed by atoms with Crippen LogP contribution in [0.2, 0.25) is 0 Å². The van der Waals surface area contributed by atoms with Gasteiger partial charge in [0.15, 0.2) is 0 Å². The Labute approximate surface area is 111 Å². The van der Waals surface area contributed by atoms with E-state index < -0.39 is 5.97 Å². The number of methoxy groups -OCH3 is 1. The molecule has 0 saturated carbocycles. The fourth-order valence-corrected chi connectivity index (χ4v) is 1.44. The maximum Gasteiger partial charge on any atom is 0.337 e. The van der Waals surface area contributed by atoms with E-state index in [1.54, 1.807) is 18.2 Å². The third-order valence-corrected chi connectivity index (χ3v) is 2.43. The zero-order valence-corrected chi connectivity index (χ0v) is 11.1. The highest BCUT2D eigenvalue weighted by atomic mass is 16.5. The molecule has 0 spiro atoms. The Hall–Kier alpha value is -1.92. The Balaban J connectivity index is 2.71. The van der Waals surface area contributed by atoms with E-state index in [-0.39, 0.29) is 12.5 Å². The summed E-state index contributed by atoms with van der Waals surface area (Å²) in [5.74, 6) is -0.742. The third kappa shape index (κ3) is 4.69. The van der Waals surface area contributed by atoms with Crippen LogP contribution in [0.5, 0.6) is 0 Å². The quantitative estimate of drug-likeness (QED) is 0.584. The molecule has 3 N–H and O–H groups in total. The summed E-state index contributed by atoms with van der Waals surface area (Å²) in [5.41, 5.74) is 7.04. The average Bonchev–Trinajstić information content (AvgIpc) is 2.40. The van der Waals surface area contributed by atoms with Gasteiger partial charge >= 0.3 is 5.97 Å². The van der Waals surface area contributed by atoms with Gasteiger partial charge in [-0.05, 0) is 24.6 Å². The van der Waals surface area contributed by atoms with Crippen LogP contribution in [0.15, 0.2) is 18.2 Å². The van der Waals surface area contributed by atoms with E-state index in [2.05, 4.69) is 10.1 Å². The van der Waals surface area contributed by atoms with Crippen molar-refractivity contribution in [2.75, 3.05) is 32.2 Å². The lowest BCUT2D eigenvalue weighted by Gasteiger charge is -2.10. The summed E-state index contributed by atoms with van der Waals surface area (Å²) in [6, 6.07) is 4.95. The number of anilines is 1. The van der Waals surface area contributed by atoms with Gasteiger partial charge in [0.1, 0.15) is 6.61 Å². The summed E-state index contributed by atoms with van der Waals surface area (Å²) in [7, 11) is 1.31. The Morgan fingerprint density at radius 1 is 1.37 bits per heavy atom. The molecule has 0 bridgehead atoms. The minimum Gasteiger partial charge on any atom is -0.465 e. The number of hydrogen-bond acceptors (Lipinski definition) is 5. The summed E-state index contributed by atoms with van der Waals surface area (Å²) in [6.07, 6.45) is 0. The van der Waals surface area contributed by atoms with Crippen molar-refractivity contribution in [3.05, 3.63) is 29.3 Å². The van der Waals surface area contributed by atoms with Gasteiger partial charge in [0, 0.05) is 12.2 Å². The summed E-state index contributed by atoms with van der Waals surface area (Å²) < 4.78 is 9.65. The zero-order chi connectivity index (χ0) is 14.3. The van der Waals surface area contributed by atoms with Gasteiger partial charge < -0.3 is 20.5 Å². The van der Waals surface area contributed by atoms with Gasteiger partial charge in [-0.3, -0.25) is 4.79 Å². The predicted molar refractivity (Wildman–Crippen MR) is 71.0 cm³/mol. The third-order valence-electron chi connectivity index (χ3n) is 2.43. The maximum atomic E-state index is 11.6. The van der Waals surface area contributed by atoms with Crippen molar-refractivity contribution in [3.8, 4) is 0 Å². The molecule has 1 aromatic rings. The molecule has 0 fully saturated rings. The van der Waals surface area contributed by atoms with Gasteiger partial charge in [-0.25, -0.2) is 4.79 Å². The number of rotatable bonds is 6. The van der Waals surface area contributed by atoms with Crippen molar-refractivity contribution in [1.29, 1.82) is 0 Å². The van der Waals surface area contributed by atoms with Crippen molar-refractivity contribution in [2.24, 2.45) is 5.73 Å². The maximum absolute atomic E-state index is 11.6. The minimum atomic E-state index is -0.449. The molecule has 0 aliphatic rings. The topological polar surface area (TPSA) is 90.6 Å². The van der Waals surface area contributed by atoms with Gasteiger partial charge in [0.25, 0.3) is 0 Å². The van der Waals surface area contributed by atoms with E-state index in [1.165, 1.54) is 7.11 Å². The highest BCUT2D eigenvalue weighted by molar-refractivity contribution is 5.95. The Morgan fingerprint density at radius 3 is 2.74 bits per heavy atom. The van der Waals surface area contributed by atoms with Crippen molar-refractivity contribution in [2.45, 2.75) is 6.92 Å². The van der Waals surface area contributed by atoms with E-state index >= 15 is 0 Å². The smallest absolute Gasteiger partial charge is 0.337 e. The number of carbonyl (C=O) groups is 2. The molecule has 0 aromatic heterocycles. The second kappa shape index (κ2) is 7.50. The second-order valence-corrected chi connectivity index (χ2v) is 3.91. The zero-order valence-electron chi connectivity index (χ0n) is 11.1. The molecule has 0 atom stereocenters. The molecule has 1 rings (SSSR count). The lowest BCUT2D eigenvalue weighted by molar-refractivity contribution is -0.120. The first-order valence-corrected chi connectivity index (χ1v) is 5.85. The van der Waals surface area contributed by atoms with Crippen LogP contribution in [0, 0.1) is 6.92 Å². The summed E-state index contributed by atoms with van der Waals surface area (Å²) >= 11 is 0. The molecular formula is C13H18N2O4. The van der Waals surface area contributed by atoms with Crippen LogP contribution >= 0.6 is 0 Å². The number of nitrogens with one attached hydrogen (secondary N) is 1. The highest BCUT2D eigenvalue weighted by Gasteiger charge is 2.10. The summed E-state index contributed by atoms with van der Waals surface area (Å²) in [6.45, 7) is 2.45. The number of benzene rings is 1. The first-order valence-electron chi connectivity index (χ1n) is 5.85. The fraction of sp³-hybridized carbons (Fsp3) is 0.385. The molecule has 6 nitrogen and oxygen atoms in total. The molecule has 1 amide bonds. The molecule has 6 heteroatoms. The summed E-state index contributed by atoms with van der Waals surface area (Å²) in [4.78, 5) is 23.0. The van der Waals surface area contributed by atoms with Gasteiger partial charge in [-0.15, -0.1) is 0 Å². The largest absolute Gasteiger partial charge is 0.465 e. The molecule has 104 valence electrons. The van der Waals surface area contributed by atoms with Crippen LogP contribution in [0.3, 0.4) is 0 Å². The SMILES string of the molecule is COC(=O)c1ccc(C)c(NC(=O)COCCN)c1. The Bertz CT molecular complexity index is 460. The molecule has 1 aromatic carbocycles. The van der Waals surface area contributed by atoms with Crippen molar-refractivity contribution in [1.82, 2.24) is 0 Å². The molecular weight excluding hydrogens is 248 g/mol. The van der Waals surface area contributed by atoms with Gasteiger partial charge in [-0.2, -0.15) is 0 Å². The number of ether oxygens (including phenoxy) is 2. The standard InChI is InChI=1S/C13H18N2O4/c1-9-3-4-10(13(17)18-2)7-11(9)15-12(16)8-19-6-5-14/h3-4,7H,5-6,8,14H2,1-2H3,(H,15,16). The molecule has 0 saturated heterocycles. The molecule has 0 heterocycles. The van der Waals surface area contributed by atoms with Crippen molar-refractivity contribution in [3.63, 3.8) is 0 Å². The van der Waals surface area contributed by atoms with E-state index in [9.17, 15) is 9.59 Å². The molecule has 0 radical (unpaired) electrons. The van der Waals surface area contributed by atoms with E-state index in [4.69, 9.17) is 10.5 Å². The fourth-order valence-electron chi connectivity index (χ4n) is 1.44. The Morgan fingerprint density at radius 2 is 2.11 bits per heavy atom. The minimum absolute atomic E-state index is 0.0703. The van der Waals surface area contributed by atoms with Crippen molar-refractivity contribution < 1.29 is 19.1 Å². The number of amides is 1. The highest BCUT2D eigenvalue weighted by Crippen LogP contribution is 2.17. The molecule has 19 heavy (non-hydrogen) atoms. The number of hydrogen-bond donors (Lipinski definition) is 2. The lowest BCUT2D eigenvalue weighted by Crippen LogP contribution is -2.21. The first kappa shape index (κ1) is 15.1. The van der Waals surface area contributed by atoms with Gasteiger partial charge in [0.05, 0.1) is 19.3 Å².